The molecule has 2 aromatic rings. The van der Waals surface area contributed by atoms with Crippen LogP contribution in [0.2, 0.25) is 0 Å². The van der Waals surface area contributed by atoms with E-state index in [9.17, 15) is 14.7 Å². The summed E-state index contributed by atoms with van der Waals surface area (Å²) in [6.45, 7) is 2.11. The molecule has 0 aliphatic heterocycles. The second kappa shape index (κ2) is 7.78. The summed E-state index contributed by atoms with van der Waals surface area (Å²) in [7, 11) is 1.56. The lowest BCUT2D eigenvalue weighted by Gasteiger charge is -2.36. The Morgan fingerprint density at radius 1 is 1.22 bits per heavy atom. The Bertz CT molecular complexity index is 827. The van der Waals surface area contributed by atoms with Crippen molar-refractivity contribution in [2.75, 3.05) is 7.11 Å². The van der Waals surface area contributed by atoms with Crippen molar-refractivity contribution in [3.05, 3.63) is 48.2 Å². The van der Waals surface area contributed by atoms with Crippen LogP contribution >= 0.6 is 0 Å². The second-order valence-corrected chi connectivity index (χ2v) is 7.15. The molecule has 0 bridgehead atoms. The van der Waals surface area contributed by atoms with Crippen molar-refractivity contribution in [1.29, 1.82) is 0 Å². The summed E-state index contributed by atoms with van der Waals surface area (Å²) in [5.74, 6) is -0.288. The van der Waals surface area contributed by atoms with Crippen molar-refractivity contribution in [2.24, 2.45) is 5.92 Å². The van der Waals surface area contributed by atoms with Crippen molar-refractivity contribution >= 4 is 11.9 Å². The molecule has 0 unspecified atom stereocenters. The fourth-order valence-corrected chi connectivity index (χ4v) is 3.51. The van der Waals surface area contributed by atoms with E-state index >= 15 is 0 Å². The first-order valence-electron chi connectivity index (χ1n) is 9.10. The summed E-state index contributed by atoms with van der Waals surface area (Å²) in [4.78, 5) is 29.1. The first kappa shape index (κ1) is 18.9. The van der Waals surface area contributed by atoms with E-state index in [0.717, 1.165) is 12.8 Å². The molecule has 0 radical (unpaired) electrons. The Kier molecular flexibility index (Phi) is 5.44. The molecule has 1 fully saturated rings. The summed E-state index contributed by atoms with van der Waals surface area (Å²) in [6.07, 6.45) is 4.13. The van der Waals surface area contributed by atoms with Gasteiger partial charge in [0, 0.05) is 17.3 Å². The number of carbonyl (C=O) groups is 2. The van der Waals surface area contributed by atoms with Crippen LogP contribution in [-0.4, -0.2) is 34.6 Å². The molecule has 2 N–H and O–H groups in total. The van der Waals surface area contributed by atoms with Crippen molar-refractivity contribution in [1.82, 2.24) is 10.3 Å². The highest BCUT2D eigenvalue weighted by atomic mass is 16.5. The maximum Gasteiger partial charge on any atom is 0.329 e. The Morgan fingerprint density at radius 3 is 2.56 bits per heavy atom. The standard InChI is InChI=1S/C21H24N2O4/c1-14-8-10-21(11-9-14,20(25)26)23-19(24)15-6-7-18(27-2)16(13-15)17-5-3-4-12-22-17/h3-7,12-14H,8-11H2,1-2H3,(H,23,24)(H,25,26). The van der Waals surface area contributed by atoms with Gasteiger partial charge in [-0.15, -0.1) is 0 Å². The van der Waals surface area contributed by atoms with Crippen LogP contribution in [0.25, 0.3) is 11.3 Å². The van der Waals surface area contributed by atoms with E-state index in [1.165, 1.54) is 0 Å². The Balaban J connectivity index is 1.89. The van der Waals surface area contributed by atoms with Gasteiger partial charge in [-0.3, -0.25) is 9.78 Å². The van der Waals surface area contributed by atoms with Gasteiger partial charge in [0.25, 0.3) is 5.91 Å². The third-order valence-electron chi connectivity index (χ3n) is 5.29. The number of methoxy groups -OCH3 is 1. The van der Waals surface area contributed by atoms with Crippen molar-refractivity contribution < 1.29 is 19.4 Å². The van der Waals surface area contributed by atoms with E-state index in [0.29, 0.717) is 41.3 Å². The number of hydrogen-bond acceptors (Lipinski definition) is 4. The molecule has 1 aromatic heterocycles. The molecule has 3 rings (SSSR count). The Hall–Kier alpha value is -2.89. The normalized spacial score (nSPS) is 22.1. The number of pyridine rings is 1. The number of carboxylic acid groups (broad SMARTS) is 1. The SMILES string of the molecule is COc1ccc(C(=O)NC2(C(=O)O)CCC(C)CC2)cc1-c1ccccn1. The van der Waals surface area contributed by atoms with Crippen LogP contribution in [0.4, 0.5) is 0 Å². The van der Waals surface area contributed by atoms with Crippen LogP contribution < -0.4 is 10.1 Å². The lowest BCUT2D eigenvalue weighted by atomic mass is 9.77. The largest absolute Gasteiger partial charge is 0.496 e. The Morgan fingerprint density at radius 2 is 1.96 bits per heavy atom. The van der Waals surface area contributed by atoms with E-state index in [2.05, 4.69) is 17.2 Å². The van der Waals surface area contributed by atoms with E-state index in [1.54, 1.807) is 31.5 Å². The quantitative estimate of drug-likeness (QED) is 0.843. The smallest absolute Gasteiger partial charge is 0.329 e. The van der Waals surface area contributed by atoms with Gasteiger partial charge in [0.15, 0.2) is 0 Å². The molecule has 0 spiro atoms. The maximum atomic E-state index is 12.9. The molecule has 142 valence electrons. The van der Waals surface area contributed by atoms with E-state index in [1.807, 2.05) is 18.2 Å². The average Bonchev–Trinajstić information content (AvgIpc) is 2.69. The fraction of sp³-hybridized carbons (Fsp3) is 0.381. The van der Waals surface area contributed by atoms with Crippen LogP contribution in [0, 0.1) is 5.92 Å². The highest BCUT2D eigenvalue weighted by Crippen LogP contribution is 2.33. The molecule has 1 aromatic carbocycles. The summed E-state index contributed by atoms with van der Waals surface area (Å²) < 4.78 is 5.39. The molecule has 6 nitrogen and oxygen atoms in total. The number of benzene rings is 1. The third kappa shape index (κ3) is 3.94. The molecule has 0 atom stereocenters. The van der Waals surface area contributed by atoms with Crippen LogP contribution in [-0.2, 0) is 4.79 Å². The number of rotatable bonds is 5. The topological polar surface area (TPSA) is 88.5 Å². The van der Waals surface area contributed by atoms with Gasteiger partial charge in [-0.05, 0) is 61.9 Å². The number of carbonyl (C=O) groups excluding carboxylic acids is 1. The molecular weight excluding hydrogens is 344 g/mol. The van der Waals surface area contributed by atoms with E-state index in [4.69, 9.17) is 4.74 Å². The number of hydrogen-bond donors (Lipinski definition) is 2. The van der Waals surface area contributed by atoms with Gasteiger partial charge in [0.05, 0.1) is 12.8 Å². The molecule has 0 saturated heterocycles. The number of nitrogens with one attached hydrogen (secondary N) is 1. The molecule has 1 aliphatic rings. The highest BCUT2D eigenvalue weighted by Gasteiger charge is 2.42. The van der Waals surface area contributed by atoms with E-state index in [-0.39, 0.29) is 0 Å². The monoisotopic (exact) mass is 368 g/mol. The summed E-state index contributed by atoms with van der Waals surface area (Å²) in [6, 6.07) is 10.5. The molecule has 6 heteroatoms. The number of amides is 1. The second-order valence-electron chi connectivity index (χ2n) is 7.15. The van der Waals surface area contributed by atoms with Gasteiger partial charge in [0.1, 0.15) is 11.3 Å². The van der Waals surface area contributed by atoms with Gasteiger partial charge in [-0.1, -0.05) is 13.0 Å². The predicted molar refractivity (Wildman–Crippen MR) is 102 cm³/mol. The molecular formula is C21H24N2O4. The zero-order valence-corrected chi connectivity index (χ0v) is 15.6. The minimum Gasteiger partial charge on any atom is -0.496 e. The number of aliphatic carboxylic acids is 1. The van der Waals surface area contributed by atoms with Crippen molar-refractivity contribution in [3.63, 3.8) is 0 Å². The first-order chi connectivity index (χ1) is 12.9. The maximum absolute atomic E-state index is 12.9. The number of nitrogens with zero attached hydrogens (tertiary/aromatic N) is 1. The van der Waals surface area contributed by atoms with Crippen LogP contribution in [0.5, 0.6) is 5.75 Å². The average molecular weight is 368 g/mol. The first-order valence-corrected chi connectivity index (χ1v) is 9.10. The van der Waals surface area contributed by atoms with Crippen molar-refractivity contribution in [2.45, 2.75) is 38.1 Å². The van der Waals surface area contributed by atoms with Crippen LogP contribution in [0.15, 0.2) is 42.6 Å². The number of aromatic nitrogens is 1. The van der Waals surface area contributed by atoms with Gasteiger partial charge in [0.2, 0.25) is 0 Å². The van der Waals surface area contributed by atoms with Crippen LogP contribution in [0.1, 0.15) is 43.0 Å². The van der Waals surface area contributed by atoms with Gasteiger partial charge in [-0.2, -0.15) is 0 Å². The zero-order chi connectivity index (χ0) is 19.4. The van der Waals surface area contributed by atoms with Crippen molar-refractivity contribution in [3.8, 4) is 17.0 Å². The Labute approximate surface area is 158 Å². The van der Waals surface area contributed by atoms with Gasteiger partial charge in [-0.25, -0.2) is 4.79 Å². The molecule has 1 amide bonds. The minimum atomic E-state index is -1.20. The van der Waals surface area contributed by atoms with Gasteiger partial charge < -0.3 is 15.2 Å². The van der Waals surface area contributed by atoms with Gasteiger partial charge >= 0.3 is 5.97 Å². The third-order valence-corrected chi connectivity index (χ3v) is 5.29. The van der Waals surface area contributed by atoms with Crippen LogP contribution in [0.3, 0.4) is 0 Å². The molecule has 27 heavy (non-hydrogen) atoms. The molecule has 1 heterocycles. The zero-order valence-electron chi connectivity index (χ0n) is 15.6. The predicted octanol–water partition coefficient (Wildman–Crippen LogP) is 3.52. The highest BCUT2D eigenvalue weighted by molar-refractivity contribution is 5.99. The molecule has 1 saturated carbocycles. The molecule has 1 aliphatic carbocycles. The number of carboxylic acids is 1. The lowest BCUT2D eigenvalue weighted by molar-refractivity contribution is -0.146. The van der Waals surface area contributed by atoms with E-state index < -0.39 is 17.4 Å². The summed E-state index contributed by atoms with van der Waals surface area (Å²) >= 11 is 0. The lowest BCUT2D eigenvalue weighted by Crippen LogP contribution is -2.56. The summed E-state index contributed by atoms with van der Waals surface area (Å²) in [5.41, 5.74) is 0.556. The fourth-order valence-electron chi connectivity index (χ4n) is 3.51. The number of ether oxygens (including phenoxy) is 1. The summed E-state index contributed by atoms with van der Waals surface area (Å²) in [5, 5.41) is 12.5. The minimum absolute atomic E-state index is 0.385.